The number of rotatable bonds is 12. The molecule has 0 radical (unpaired) electrons. The van der Waals surface area contributed by atoms with Gasteiger partial charge in [-0.25, -0.2) is 8.42 Å². The lowest BCUT2D eigenvalue weighted by Gasteiger charge is -2.33. The van der Waals surface area contributed by atoms with Crippen LogP contribution < -0.4 is 14.4 Å². The van der Waals surface area contributed by atoms with Crippen LogP contribution in [-0.2, 0) is 26.2 Å². The van der Waals surface area contributed by atoms with Crippen molar-refractivity contribution in [1.29, 1.82) is 0 Å². The first-order valence-corrected chi connectivity index (χ1v) is 14.4. The average molecular weight is 552 g/mol. The van der Waals surface area contributed by atoms with Crippen molar-refractivity contribution in [3.8, 4) is 5.75 Å². The molecule has 0 unspecified atom stereocenters. The van der Waals surface area contributed by atoms with Gasteiger partial charge < -0.3 is 15.0 Å². The highest BCUT2D eigenvalue weighted by molar-refractivity contribution is 7.92. The van der Waals surface area contributed by atoms with Gasteiger partial charge in [0.2, 0.25) is 11.8 Å². The zero-order valence-electron chi connectivity index (χ0n) is 23.2. The third-order valence-electron chi connectivity index (χ3n) is 6.46. The van der Waals surface area contributed by atoms with E-state index < -0.39 is 28.5 Å². The Labute approximate surface area is 231 Å². The number of methoxy groups -OCH3 is 1. The van der Waals surface area contributed by atoms with Gasteiger partial charge in [-0.3, -0.25) is 13.9 Å². The number of carbonyl (C=O) groups is 2. The number of sulfonamides is 1. The summed E-state index contributed by atoms with van der Waals surface area (Å²) in [7, 11) is -2.63. The van der Waals surface area contributed by atoms with E-state index in [9.17, 15) is 18.0 Å². The van der Waals surface area contributed by atoms with Gasteiger partial charge in [0.1, 0.15) is 18.3 Å². The van der Waals surface area contributed by atoms with Crippen molar-refractivity contribution in [2.45, 2.75) is 51.6 Å². The number of anilines is 1. The number of hydrogen-bond acceptors (Lipinski definition) is 5. The molecule has 0 aliphatic carbocycles. The fraction of sp³-hybridized carbons (Fsp3) is 0.333. The number of nitrogens with zero attached hydrogens (tertiary/aromatic N) is 2. The maximum absolute atomic E-state index is 14.0. The molecule has 0 spiro atoms. The fourth-order valence-electron chi connectivity index (χ4n) is 4.22. The Morgan fingerprint density at radius 1 is 0.872 bits per heavy atom. The van der Waals surface area contributed by atoms with E-state index >= 15 is 0 Å². The molecule has 0 aliphatic heterocycles. The summed E-state index contributed by atoms with van der Waals surface area (Å²) < 4.78 is 34.0. The summed E-state index contributed by atoms with van der Waals surface area (Å²) in [6.07, 6.45) is 0.374. The van der Waals surface area contributed by atoms with Crippen LogP contribution >= 0.6 is 0 Å². The maximum Gasteiger partial charge on any atom is 0.264 e. The molecule has 3 aromatic carbocycles. The van der Waals surface area contributed by atoms with Crippen molar-refractivity contribution >= 4 is 27.5 Å². The van der Waals surface area contributed by atoms with Crippen LogP contribution in [0.1, 0.15) is 37.0 Å². The predicted octanol–water partition coefficient (Wildman–Crippen LogP) is 4.45. The molecule has 3 aromatic rings. The Hall–Kier alpha value is -3.85. The van der Waals surface area contributed by atoms with Crippen LogP contribution in [0.5, 0.6) is 5.75 Å². The molecule has 0 fully saturated rings. The Morgan fingerprint density at radius 2 is 1.44 bits per heavy atom. The van der Waals surface area contributed by atoms with Crippen LogP contribution in [0, 0.1) is 13.8 Å². The molecule has 0 saturated heterocycles. The largest absolute Gasteiger partial charge is 0.497 e. The smallest absolute Gasteiger partial charge is 0.264 e. The molecule has 0 bridgehead atoms. The van der Waals surface area contributed by atoms with Gasteiger partial charge in [0, 0.05) is 13.1 Å². The van der Waals surface area contributed by atoms with Gasteiger partial charge in [-0.15, -0.1) is 0 Å². The van der Waals surface area contributed by atoms with Gasteiger partial charge in [-0.2, -0.15) is 0 Å². The second-order valence-corrected chi connectivity index (χ2v) is 11.2. The van der Waals surface area contributed by atoms with E-state index in [-0.39, 0.29) is 17.3 Å². The van der Waals surface area contributed by atoms with Crippen LogP contribution in [0.25, 0.3) is 0 Å². The standard InChI is InChI=1S/C30H37N3O5S/c1-6-28(30(35)31-7-2)32(20-24-12-8-22(3)9-13-24)29(34)21-33(25-14-10-23(4)11-15-25)39(36,37)27-18-16-26(38-5)17-19-27/h8-19,28H,6-7,20-21H2,1-5H3,(H,31,35)/t28-/m1/s1. The molecule has 1 atom stereocenters. The number of benzene rings is 3. The molecule has 3 rings (SSSR count). The zero-order chi connectivity index (χ0) is 28.6. The van der Waals surface area contributed by atoms with Crippen molar-refractivity contribution in [1.82, 2.24) is 10.2 Å². The van der Waals surface area contributed by atoms with E-state index in [0.29, 0.717) is 24.4 Å². The third kappa shape index (κ3) is 7.38. The van der Waals surface area contributed by atoms with Crippen molar-refractivity contribution < 1.29 is 22.7 Å². The molecule has 1 N–H and O–H groups in total. The highest BCUT2D eigenvalue weighted by atomic mass is 32.2. The SMILES string of the molecule is CCNC(=O)[C@@H](CC)N(Cc1ccc(C)cc1)C(=O)CN(c1ccc(C)cc1)S(=O)(=O)c1ccc(OC)cc1. The van der Waals surface area contributed by atoms with Gasteiger partial charge in [-0.05, 0) is 69.2 Å². The highest BCUT2D eigenvalue weighted by Crippen LogP contribution is 2.26. The molecule has 39 heavy (non-hydrogen) atoms. The predicted molar refractivity (Wildman–Crippen MR) is 153 cm³/mol. The number of nitrogens with one attached hydrogen (secondary N) is 1. The van der Waals surface area contributed by atoms with E-state index in [0.717, 1.165) is 21.0 Å². The highest BCUT2D eigenvalue weighted by Gasteiger charge is 2.33. The van der Waals surface area contributed by atoms with Crippen LogP contribution in [0.2, 0.25) is 0 Å². The second-order valence-electron chi connectivity index (χ2n) is 9.35. The summed E-state index contributed by atoms with van der Waals surface area (Å²) in [5, 5.41) is 2.81. The quantitative estimate of drug-likeness (QED) is 0.359. The first-order valence-electron chi connectivity index (χ1n) is 13.0. The fourth-order valence-corrected chi connectivity index (χ4v) is 5.63. The minimum atomic E-state index is -4.13. The van der Waals surface area contributed by atoms with Crippen molar-refractivity contribution in [2.75, 3.05) is 24.5 Å². The van der Waals surface area contributed by atoms with Crippen molar-refractivity contribution in [3.63, 3.8) is 0 Å². The van der Waals surface area contributed by atoms with Crippen LogP contribution in [0.15, 0.2) is 77.7 Å². The molecule has 208 valence electrons. The Balaban J connectivity index is 2.04. The van der Waals surface area contributed by atoms with Gasteiger partial charge in [0.15, 0.2) is 0 Å². The van der Waals surface area contributed by atoms with Crippen molar-refractivity contribution in [2.24, 2.45) is 0 Å². The van der Waals surface area contributed by atoms with E-state index in [1.165, 1.54) is 24.1 Å². The minimum Gasteiger partial charge on any atom is -0.497 e. The number of likely N-dealkylation sites (N-methyl/N-ethyl adjacent to an activating group) is 1. The summed E-state index contributed by atoms with van der Waals surface area (Å²) in [4.78, 5) is 28.5. The van der Waals surface area contributed by atoms with Gasteiger partial charge >= 0.3 is 0 Å². The van der Waals surface area contributed by atoms with Crippen molar-refractivity contribution in [3.05, 3.63) is 89.5 Å². The molecule has 0 aliphatic rings. The van der Waals surface area contributed by atoms with Crippen LogP contribution in [0.4, 0.5) is 5.69 Å². The number of carbonyl (C=O) groups excluding carboxylic acids is 2. The topological polar surface area (TPSA) is 96.0 Å². The third-order valence-corrected chi connectivity index (χ3v) is 8.25. The van der Waals surface area contributed by atoms with Gasteiger partial charge in [0.25, 0.3) is 10.0 Å². The number of hydrogen-bond donors (Lipinski definition) is 1. The monoisotopic (exact) mass is 551 g/mol. The average Bonchev–Trinajstić information content (AvgIpc) is 2.93. The Bertz CT molecular complexity index is 1360. The summed E-state index contributed by atoms with van der Waals surface area (Å²) in [6, 6.07) is 19.9. The lowest BCUT2D eigenvalue weighted by molar-refractivity contribution is -0.140. The Morgan fingerprint density at radius 3 is 1.95 bits per heavy atom. The Kier molecular flexibility index (Phi) is 10.1. The molecule has 8 nitrogen and oxygen atoms in total. The molecular formula is C30H37N3O5S. The minimum absolute atomic E-state index is 0.0255. The molecule has 2 amide bonds. The second kappa shape index (κ2) is 13.3. The summed E-state index contributed by atoms with van der Waals surface area (Å²) in [5.74, 6) is -0.240. The molecular weight excluding hydrogens is 514 g/mol. The lowest BCUT2D eigenvalue weighted by Crippen LogP contribution is -2.52. The summed E-state index contributed by atoms with van der Waals surface area (Å²) in [5.41, 5.74) is 3.22. The number of amides is 2. The van der Waals surface area contributed by atoms with E-state index in [2.05, 4.69) is 5.32 Å². The normalized spacial score (nSPS) is 11.9. The van der Waals surface area contributed by atoms with Crippen LogP contribution in [0.3, 0.4) is 0 Å². The summed E-state index contributed by atoms with van der Waals surface area (Å²) >= 11 is 0. The van der Waals surface area contributed by atoms with Gasteiger partial charge in [0.05, 0.1) is 17.7 Å². The van der Waals surface area contributed by atoms with E-state index in [1.54, 1.807) is 36.4 Å². The zero-order valence-corrected chi connectivity index (χ0v) is 24.0. The van der Waals surface area contributed by atoms with E-state index in [1.807, 2.05) is 52.0 Å². The summed E-state index contributed by atoms with van der Waals surface area (Å²) in [6.45, 7) is 7.64. The number of ether oxygens (including phenoxy) is 1. The maximum atomic E-state index is 14.0. The first kappa shape index (κ1) is 29.7. The van der Waals surface area contributed by atoms with Gasteiger partial charge in [-0.1, -0.05) is 54.4 Å². The molecule has 9 heteroatoms. The van der Waals surface area contributed by atoms with Crippen LogP contribution in [-0.4, -0.2) is 51.4 Å². The first-order chi connectivity index (χ1) is 18.6. The molecule has 0 aromatic heterocycles. The molecule has 0 saturated carbocycles. The van der Waals surface area contributed by atoms with E-state index in [4.69, 9.17) is 4.74 Å². The molecule has 0 heterocycles. The number of aryl methyl sites for hydroxylation is 2. The lowest BCUT2D eigenvalue weighted by atomic mass is 10.1.